The predicted molar refractivity (Wildman–Crippen MR) is 74.5 cm³/mol. The van der Waals surface area contributed by atoms with Gasteiger partial charge in [0, 0.05) is 11.1 Å². The minimum Gasteiger partial charge on any atom is -0.310 e. The molecule has 2 heteroatoms. The third-order valence-corrected chi connectivity index (χ3v) is 4.38. The highest BCUT2D eigenvalue weighted by Crippen LogP contribution is 2.57. The van der Waals surface area contributed by atoms with Crippen molar-refractivity contribution in [3.63, 3.8) is 0 Å². The molecule has 17 heavy (non-hydrogen) atoms. The van der Waals surface area contributed by atoms with Crippen LogP contribution in [-0.2, 0) is 0 Å². The molecule has 0 heterocycles. The van der Waals surface area contributed by atoms with E-state index in [1.807, 2.05) is 0 Å². The largest absolute Gasteiger partial charge is 0.310 e. The van der Waals surface area contributed by atoms with E-state index in [0.717, 1.165) is 23.0 Å². The first kappa shape index (κ1) is 12.9. The van der Waals surface area contributed by atoms with Crippen molar-refractivity contribution in [1.29, 1.82) is 0 Å². The Kier molecular flexibility index (Phi) is 3.51. The van der Waals surface area contributed by atoms with Crippen molar-refractivity contribution in [3.8, 4) is 0 Å². The molecule has 1 aliphatic carbocycles. The van der Waals surface area contributed by atoms with Crippen molar-refractivity contribution in [2.24, 2.45) is 11.3 Å². The maximum absolute atomic E-state index is 6.23. The lowest BCUT2D eigenvalue weighted by molar-refractivity contribution is 0.423. The molecule has 1 aromatic carbocycles. The lowest BCUT2D eigenvalue weighted by Gasteiger charge is -2.21. The van der Waals surface area contributed by atoms with Crippen LogP contribution in [0, 0.1) is 18.3 Å². The third-order valence-electron chi connectivity index (χ3n) is 3.97. The summed E-state index contributed by atoms with van der Waals surface area (Å²) in [6.07, 6.45) is 1.30. The Morgan fingerprint density at radius 2 is 2.12 bits per heavy atom. The molecule has 0 amide bonds. The molecule has 1 fully saturated rings. The topological polar surface area (TPSA) is 12.0 Å². The van der Waals surface area contributed by atoms with Crippen LogP contribution in [0.2, 0.25) is 5.02 Å². The zero-order valence-electron chi connectivity index (χ0n) is 11.2. The van der Waals surface area contributed by atoms with Crippen LogP contribution in [0.1, 0.15) is 44.4 Å². The molecular weight excluding hydrogens is 230 g/mol. The number of benzene rings is 1. The smallest absolute Gasteiger partial charge is 0.0438 e. The first-order valence-corrected chi connectivity index (χ1v) is 6.83. The summed E-state index contributed by atoms with van der Waals surface area (Å²) in [7, 11) is 0. The van der Waals surface area contributed by atoms with Gasteiger partial charge in [0.05, 0.1) is 0 Å². The number of rotatable bonds is 4. The molecule has 2 unspecified atom stereocenters. The Balaban J connectivity index is 2.24. The molecule has 1 aliphatic rings. The van der Waals surface area contributed by atoms with Gasteiger partial charge in [0.2, 0.25) is 0 Å². The average molecular weight is 252 g/mol. The summed E-state index contributed by atoms with van der Waals surface area (Å²) in [6, 6.07) is 6.91. The first-order valence-electron chi connectivity index (χ1n) is 6.45. The van der Waals surface area contributed by atoms with E-state index >= 15 is 0 Å². The zero-order valence-corrected chi connectivity index (χ0v) is 11.9. The summed E-state index contributed by atoms with van der Waals surface area (Å²) in [4.78, 5) is 0. The second-order valence-electron chi connectivity index (χ2n) is 5.84. The van der Waals surface area contributed by atoms with Crippen LogP contribution >= 0.6 is 11.6 Å². The van der Waals surface area contributed by atoms with E-state index in [-0.39, 0.29) is 0 Å². The highest BCUT2D eigenvalue weighted by Gasteiger charge is 2.50. The lowest BCUT2D eigenvalue weighted by atomic mass is 9.96. The fourth-order valence-electron chi connectivity index (χ4n) is 2.59. The molecule has 0 aromatic heterocycles. The van der Waals surface area contributed by atoms with Gasteiger partial charge in [-0.1, -0.05) is 44.5 Å². The van der Waals surface area contributed by atoms with Gasteiger partial charge in [0.15, 0.2) is 0 Å². The normalized spacial score (nSPS) is 23.5. The molecule has 2 atom stereocenters. The van der Waals surface area contributed by atoms with Gasteiger partial charge >= 0.3 is 0 Å². The van der Waals surface area contributed by atoms with E-state index in [1.165, 1.54) is 12.0 Å². The summed E-state index contributed by atoms with van der Waals surface area (Å²) in [6.45, 7) is 9.91. The zero-order chi connectivity index (χ0) is 12.6. The highest BCUT2D eigenvalue weighted by atomic mass is 35.5. The van der Waals surface area contributed by atoms with E-state index in [1.54, 1.807) is 0 Å². The number of nitrogens with one attached hydrogen (secondary N) is 1. The van der Waals surface area contributed by atoms with E-state index in [9.17, 15) is 0 Å². The van der Waals surface area contributed by atoms with Gasteiger partial charge in [0.25, 0.3) is 0 Å². The standard InChI is InChI=1S/C15H22ClN/c1-5-17-14(12-9-15(12,3)4)11-7-6-10(2)13(16)8-11/h6-8,12,14,17H,5,9H2,1-4H3. The van der Waals surface area contributed by atoms with Crippen molar-refractivity contribution < 1.29 is 0 Å². The first-order chi connectivity index (χ1) is 7.95. The number of aryl methyl sites for hydroxylation is 1. The summed E-state index contributed by atoms with van der Waals surface area (Å²) in [5.41, 5.74) is 2.96. The Morgan fingerprint density at radius 1 is 1.47 bits per heavy atom. The Bertz CT molecular complexity index is 411. The van der Waals surface area contributed by atoms with Gasteiger partial charge in [-0.3, -0.25) is 0 Å². The van der Waals surface area contributed by atoms with Crippen LogP contribution < -0.4 is 5.32 Å². The molecule has 0 bridgehead atoms. The van der Waals surface area contributed by atoms with Crippen molar-refractivity contribution in [2.45, 2.75) is 40.2 Å². The highest BCUT2D eigenvalue weighted by molar-refractivity contribution is 6.31. The Labute approximate surface area is 110 Å². The minimum atomic E-state index is 0.452. The lowest BCUT2D eigenvalue weighted by Crippen LogP contribution is -2.24. The van der Waals surface area contributed by atoms with Crippen LogP contribution in [0.25, 0.3) is 0 Å². The monoisotopic (exact) mass is 251 g/mol. The molecule has 1 aromatic rings. The van der Waals surface area contributed by atoms with Crippen LogP contribution in [0.15, 0.2) is 18.2 Å². The molecule has 2 rings (SSSR count). The van der Waals surface area contributed by atoms with Crippen LogP contribution in [0.5, 0.6) is 0 Å². The predicted octanol–water partition coefficient (Wildman–Crippen LogP) is 4.35. The minimum absolute atomic E-state index is 0.452. The fourth-order valence-corrected chi connectivity index (χ4v) is 2.78. The van der Waals surface area contributed by atoms with E-state index < -0.39 is 0 Å². The van der Waals surface area contributed by atoms with Crippen molar-refractivity contribution in [3.05, 3.63) is 34.3 Å². The molecular formula is C15H22ClN. The SMILES string of the molecule is CCNC(c1ccc(C)c(Cl)c1)C1CC1(C)C. The Hall–Kier alpha value is -0.530. The van der Waals surface area contributed by atoms with E-state index in [2.05, 4.69) is 51.2 Å². The third kappa shape index (κ3) is 2.66. The van der Waals surface area contributed by atoms with Gasteiger partial charge in [-0.15, -0.1) is 0 Å². The van der Waals surface area contributed by atoms with Gasteiger partial charge in [-0.05, 0) is 48.4 Å². The van der Waals surface area contributed by atoms with E-state index in [0.29, 0.717) is 11.5 Å². The van der Waals surface area contributed by atoms with Crippen LogP contribution in [0.3, 0.4) is 0 Å². The van der Waals surface area contributed by atoms with Gasteiger partial charge in [0.1, 0.15) is 0 Å². The number of halogens is 1. The molecule has 0 spiro atoms. The molecule has 0 aliphatic heterocycles. The van der Waals surface area contributed by atoms with Gasteiger partial charge in [-0.25, -0.2) is 0 Å². The average Bonchev–Trinajstić information content (AvgIpc) is 2.88. The second kappa shape index (κ2) is 4.62. The quantitative estimate of drug-likeness (QED) is 0.839. The summed E-state index contributed by atoms with van der Waals surface area (Å²) in [5.74, 6) is 0.737. The van der Waals surface area contributed by atoms with Crippen LogP contribution in [0.4, 0.5) is 0 Å². The van der Waals surface area contributed by atoms with E-state index in [4.69, 9.17) is 11.6 Å². The van der Waals surface area contributed by atoms with Crippen molar-refractivity contribution >= 4 is 11.6 Å². The molecule has 94 valence electrons. The van der Waals surface area contributed by atoms with Crippen molar-refractivity contribution in [2.75, 3.05) is 6.54 Å². The molecule has 0 saturated heterocycles. The molecule has 1 N–H and O–H groups in total. The van der Waals surface area contributed by atoms with Gasteiger partial charge in [-0.2, -0.15) is 0 Å². The van der Waals surface area contributed by atoms with Crippen molar-refractivity contribution in [1.82, 2.24) is 5.32 Å². The number of hydrogen-bond acceptors (Lipinski definition) is 1. The summed E-state index contributed by atoms with van der Waals surface area (Å²) < 4.78 is 0. The summed E-state index contributed by atoms with van der Waals surface area (Å²) in [5, 5.41) is 4.48. The maximum Gasteiger partial charge on any atom is 0.0438 e. The molecule has 0 radical (unpaired) electrons. The molecule has 1 saturated carbocycles. The van der Waals surface area contributed by atoms with Gasteiger partial charge < -0.3 is 5.32 Å². The maximum atomic E-state index is 6.23. The fraction of sp³-hybridized carbons (Fsp3) is 0.600. The summed E-state index contributed by atoms with van der Waals surface area (Å²) >= 11 is 6.23. The Morgan fingerprint density at radius 3 is 2.59 bits per heavy atom. The second-order valence-corrected chi connectivity index (χ2v) is 6.25. The molecule has 1 nitrogen and oxygen atoms in total. The van der Waals surface area contributed by atoms with Crippen LogP contribution in [-0.4, -0.2) is 6.54 Å². The number of hydrogen-bond donors (Lipinski definition) is 1.